The molecule has 2 rings (SSSR count). The number of benzene rings is 1. The maximum absolute atomic E-state index is 12.3. The Kier molecular flexibility index (Phi) is 7.07. The van der Waals surface area contributed by atoms with E-state index >= 15 is 0 Å². The smallest absolute Gasteiger partial charge is 0.319 e. The Morgan fingerprint density at radius 1 is 1.42 bits per heavy atom. The number of urea groups is 1. The van der Waals surface area contributed by atoms with Crippen molar-refractivity contribution in [2.45, 2.75) is 31.3 Å². The number of carbonyl (C=O) groups excluding carboxylic acids is 1. The van der Waals surface area contributed by atoms with Gasteiger partial charge >= 0.3 is 6.03 Å². The second kappa shape index (κ2) is 9.29. The lowest BCUT2D eigenvalue weighted by molar-refractivity contribution is 0.185. The number of hydrogen-bond acceptors (Lipinski definition) is 5. The third-order valence-corrected chi connectivity index (χ3v) is 4.31. The van der Waals surface area contributed by atoms with E-state index in [4.69, 9.17) is 4.74 Å². The maximum atomic E-state index is 12.3. The van der Waals surface area contributed by atoms with Gasteiger partial charge in [-0.1, -0.05) is 19.1 Å². The van der Waals surface area contributed by atoms with Crippen LogP contribution in [0.25, 0.3) is 0 Å². The number of hydrogen-bond donors (Lipinski definition) is 2. The lowest BCUT2D eigenvalue weighted by Gasteiger charge is -2.16. The number of methoxy groups -OCH3 is 1. The molecule has 130 valence electrons. The van der Waals surface area contributed by atoms with Crippen molar-refractivity contribution in [1.29, 1.82) is 0 Å². The van der Waals surface area contributed by atoms with Gasteiger partial charge in [0.1, 0.15) is 6.33 Å². The first-order valence-corrected chi connectivity index (χ1v) is 8.80. The molecule has 0 aliphatic rings. The van der Waals surface area contributed by atoms with E-state index in [0.29, 0.717) is 19.0 Å². The number of aromatic nitrogens is 3. The van der Waals surface area contributed by atoms with Gasteiger partial charge in [0.25, 0.3) is 0 Å². The molecule has 1 aromatic heterocycles. The lowest BCUT2D eigenvalue weighted by atomic mass is 10.3. The highest BCUT2D eigenvalue weighted by Crippen LogP contribution is 2.26. The standard InChI is InChI=1S/C16H23N5O2S/c1-4-24-14-8-6-5-7-13(14)19-16(22)18-12(2)15-20-17-11-21(15)9-10-23-3/h5-8,11-12H,4,9-10H2,1-3H3,(H2,18,19,22)/t12-/m0/s1. The number of nitrogens with one attached hydrogen (secondary N) is 2. The van der Waals surface area contributed by atoms with Crippen LogP contribution in [0, 0.1) is 0 Å². The molecule has 1 aromatic carbocycles. The number of rotatable bonds is 8. The minimum absolute atomic E-state index is 0.268. The van der Waals surface area contributed by atoms with Gasteiger partial charge in [-0.3, -0.25) is 0 Å². The summed E-state index contributed by atoms with van der Waals surface area (Å²) in [6, 6.07) is 7.21. The second-order valence-corrected chi connectivity index (χ2v) is 6.43. The molecule has 0 aliphatic carbocycles. The predicted octanol–water partition coefficient (Wildman–Crippen LogP) is 2.92. The number of thioether (sulfide) groups is 1. The Labute approximate surface area is 146 Å². The third kappa shape index (κ3) is 4.97. The Morgan fingerprint density at radius 3 is 2.96 bits per heavy atom. The molecule has 0 saturated carbocycles. The molecule has 0 fully saturated rings. The molecule has 0 radical (unpaired) electrons. The van der Waals surface area contributed by atoms with Gasteiger partial charge in [0.15, 0.2) is 5.82 Å². The monoisotopic (exact) mass is 349 g/mol. The highest BCUT2D eigenvalue weighted by molar-refractivity contribution is 7.99. The van der Waals surface area contributed by atoms with Gasteiger partial charge in [-0.15, -0.1) is 22.0 Å². The summed E-state index contributed by atoms with van der Waals surface area (Å²) in [7, 11) is 1.64. The Bertz CT molecular complexity index is 661. The van der Waals surface area contributed by atoms with Crippen LogP contribution >= 0.6 is 11.8 Å². The van der Waals surface area contributed by atoms with Gasteiger partial charge in [-0.25, -0.2) is 4.79 Å². The van der Waals surface area contributed by atoms with Crippen molar-refractivity contribution in [3.63, 3.8) is 0 Å². The largest absolute Gasteiger partial charge is 0.383 e. The van der Waals surface area contributed by atoms with Crippen molar-refractivity contribution >= 4 is 23.5 Å². The zero-order valence-electron chi connectivity index (χ0n) is 14.2. The fourth-order valence-electron chi connectivity index (χ4n) is 2.23. The number of para-hydroxylation sites is 1. The molecule has 1 atom stereocenters. The molecule has 1 heterocycles. The van der Waals surface area contributed by atoms with Gasteiger partial charge in [-0.05, 0) is 24.8 Å². The first-order valence-electron chi connectivity index (χ1n) is 7.81. The van der Waals surface area contributed by atoms with E-state index in [1.807, 2.05) is 35.8 Å². The Balaban J connectivity index is 1.98. The SMILES string of the molecule is CCSc1ccccc1NC(=O)N[C@@H](C)c1nncn1CCOC. The van der Waals surface area contributed by atoms with Crippen molar-refractivity contribution < 1.29 is 9.53 Å². The molecule has 0 bridgehead atoms. The maximum Gasteiger partial charge on any atom is 0.319 e. The third-order valence-electron chi connectivity index (χ3n) is 3.35. The lowest BCUT2D eigenvalue weighted by Crippen LogP contribution is -2.33. The molecule has 2 N–H and O–H groups in total. The summed E-state index contributed by atoms with van der Waals surface area (Å²) in [5.41, 5.74) is 0.801. The zero-order valence-corrected chi connectivity index (χ0v) is 15.0. The number of anilines is 1. The van der Waals surface area contributed by atoms with E-state index in [1.165, 1.54) is 0 Å². The van der Waals surface area contributed by atoms with Crippen LogP contribution in [0.3, 0.4) is 0 Å². The van der Waals surface area contributed by atoms with Crippen molar-refractivity contribution in [2.75, 3.05) is 24.8 Å². The molecule has 0 aliphatic heterocycles. The summed E-state index contributed by atoms with van der Waals surface area (Å²) in [6.45, 7) is 5.16. The van der Waals surface area contributed by atoms with E-state index in [9.17, 15) is 4.79 Å². The van der Waals surface area contributed by atoms with Crippen LogP contribution in [0.2, 0.25) is 0 Å². The fourth-order valence-corrected chi connectivity index (χ4v) is 2.99. The molecule has 2 amide bonds. The van der Waals surface area contributed by atoms with E-state index < -0.39 is 0 Å². The molecule has 0 spiro atoms. The minimum atomic E-state index is -0.270. The van der Waals surface area contributed by atoms with E-state index in [1.54, 1.807) is 25.2 Å². The Morgan fingerprint density at radius 2 is 2.21 bits per heavy atom. The first kappa shape index (κ1) is 18.3. The predicted molar refractivity (Wildman–Crippen MR) is 95.3 cm³/mol. The number of ether oxygens (including phenoxy) is 1. The molecule has 0 saturated heterocycles. The van der Waals surface area contributed by atoms with Crippen molar-refractivity contribution in [3.8, 4) is 0 Å². The normalized spacial score (nSPS) is 12.0. The summed E-state index contributed by atoms with van der Waals surface area (Å²) in [5.74, 6) is 1.64. The highest BCUT2D eigenvalue weighted by atomic mass is 32.2. The molecule has 24 heavy (non-hydrogen) atoms. The van der Waals surface area contributed by atoms with Gasteiger partial charge in [0, 0.05) is 18.6 Å². The van der Waals surface area contributed by atoms with Crippen LogP contribution in [0.4, 0.5) is 10.5 Å². The molecule has 8 heteroatoms. The highest BCUT2D eigenvalue weighted by Gasteiger charge is 2.16. The van der Waals surface area contributed by atoms with E-state index in [-0.39, 0.29) is 12.1 Å². The van der Waals surface area contributed by atoms with Gasteiger partial charge in [0.05, 0.1) is 18.3 Å². The second-order valence-electron chi connectivity index (χ2n) is 5.12. The number of amides is 2. The minimum Gasteiger partial charge on any atom is -0.383 e. The quantitative estimate of drug-likeness (QED) is 0.716. The summed E-state index contributed by atoms with van der Waals surface area (Å²) in [6.07, 6.45) is 1.64. The molecule has 0 unspecified atom stereocenters. The number of carbonyl (C=O) groups is 1. The van der Waals surface area contributed by atoms with Crippen molar-refractivity contribution in [3.05, 3.63) is 36.4 Å². The van der Waals surface area contributed by atoms with Gasteiger partial charge in [0.2, 0.25) is 0 Å². The van der Waals surface area contributed by atoms with Gasteiger partial charge < -0.3 is 19.9 Å². The number of nitrogens with zero attached hydrogens (tertiary/aromatic N) is 3. The topological polar surface area (TPSA) is 81.1 Å². The van der Waals surface area contributed by atoms with Gasteiger partial charge in [-0.2, -0.15) is 0 Å². The van der Waals surface area contributed by atoms with Crippen molar-refractivity contribution in [2.24, 2.45) is 0 Å². The molecule has 7 nitrogen and oxygen atoms in total. The molecular formula is C16H23N5O2S. The van der Waals surface area contributed by atoms with Crippen LogP contribution in [0.5, 0.6) is 0 Å². The van der Waals surface area contributed by atoms with Crippen molar-refractivity contribution in [1.82, 2.24) is 20.1 Å². The molecule has 2 aromatic rings. The van der Waals surface area contributed by atoms with E-state index in [2.05, 4.69) is 27.8 Å². The average molecular weight is 349 g/mol. The summed E-state index contributed by atoms with van der Waals surface area (Å²) < 4.78 is 6.94. The van der Waals surface area contributed by atoms with E-state index in [0.717, 1.165) is 16.3 Å². The van der Waals surface area contributed by atoms with Crippen LogP contribution in [0.1, 0.15) is 25.7 Å². The van der Waals surface area contributed by atoms with Crippen LogP contribution in [-0.2, 0) is 11.3 Å². The summed E-state index contributed by atoms with van der Waals surface area (Å²) in [4.78, 5) is 13.3. The zero-order chi connectivity index (χ0) is 17.4. The summed E-state index contributed by atoms with van der Waals surface area (Å²) >= 11 is 1.69. The fraction of sp³-hybridized carbons (Fsp3) is 0.438. The van der Waals surface area contributed by atoms with Crippen LogP contribution in [0.15, 0.2) is 35.5 Å². The summed E-state index contributed by atoms with van der Waals surface area (Å²) in [5, 5.41) is 13.8. The average Bonchev–Trinajstić information content (AvgIpc) is 3.03. The van der Waals surface area contributed by atoms with Crippen LogP contribution < -0.4 is 10.6 Å². The van der Waals surface area contributed by atoms with Crippen LogP contribution in [-0.4, -0.2) is 40.3 Å². The first-order chi connectivity index (χ1) is 11.7. The Hall–Kier alpha value is -2.06. The molecular weight excluding hydrogens is 326 g/mol.